The molecule has 0 aliphatic heterocycles. The van der Waals surface area contributed by atoms with Crippen molar-refractivity contribution in [3.8, 4) is 0 Å². The maximum atomic E-state index is 11.4. The molecule has 90 valence electrons. The zero-order chi connectivity index (χ0) is 12.8. The van der Waals surface area contributed by atoms with Crippen LogP contribution in [0.15, 0.2) is 29.2 Å². The molecule has 1 aromatic carbocycles. The summed E-state index contributed by atoms with van der Waals surface area (Å²) < 4.78 is 22.7. The molecule has 0 atom stereocenters. The van der Waals surface area contributed by atoms with E-state index in [2.05, 4.69) is 0 Å². The zero-order valence-corrected chi connectivity index (χ0v) is 10.5. The van der Waals surface area contributed by atoms with Crippen molar-refractivity contribution in [3.63, 3.8) is 0 Å². The third-order valence-electron chi connectivity index (χ3n) is 1.92. The van der Waals surface area contributed by atoms with E-state index >= 15 is 0 Å². The SMILES string of the molecule is CC.CCS(=O)(=O)c1ccc(B(O)O)cc1. The lowest BCUT2D eigenvalue weighted by Gasteiger charge is -2.02. The van der Waals surface area contributed by atoms with E-state index in [1.165, 1.54) is 24.3 Å². The van der Waals surface area contributed by atoms with Crippen LogP contribution in [0, 0.1) is 0 Å². The molecule has 4 nitrogen and oxygen atoms in total. The predicted molar refractivity (Wildman–Crippen MR) is 65.3 cm³/mol. The first-order valence-corrected chi connectivity index (χ1v) is 6.81. The first kappa shape index (κ1) is 15.2. The quantitative estimate of drug-likeness (QED) is 0.744. The molecule has 6 heteroatoms. The molecule has 0 saturated heterocycles. The molecule has 0 heterocycles. The van der Waals surface area contributed by atoms with E-state index in [0.29, 0.717) is 0 Å². The molecule has 0 saturated carbocycles. The van der Waals surface area contributed by atoms with Crippen LogP contribution < -0.4 is 5.46 Å². The van der Waals surface area contributed by atoms with Gasteiger partial charge in [0.1, 0.15) is 0 Å². The van der Waals surface area contributed by atoms with Crippen LogP contribution in [0.3, 0.4) is 0 Å². The second kappa shape index (κ2) is 6.68. The van der Waals surface area contributed by atoms with Crippen LogP contribution in [0.2, 0.25) is 0 Å². The van der Waals surface area contributed by atoms with E-state index in [-0.39, 0.29) is 16.1 Å². The topological polar surface area (TPSA) is 74.6 Å². The Hall–Kier alpha value is -0.845. The van der Waals surface area contributed by atoms with Gasteiger partial charge in [0.05, 0.1) is 10.6 Å². The third kappa shape index (κ3) is 3.96. The normalized spacial score (nSPS) is 10.3. The summed E-state index contributed by atoms with van der Waals surface area (Å²) in [5.41, 5.74) is 0.278. The highest BCUT2D eigenvalue weighted by atomic mass is 32.2. The molecule has 0 fully saturated rings. The Morgan fingerprint density at radius 1 is 1.12 bits per heavy atom. The van der Waals surface area contributed by atoms with E-state index in [1.54, 1.807) is 6.92 Å². The number of sulfone groups is 1. The zero-order valence-electron chi connectivity index (χ0n) is 9.71. The van der Waals surface area contributed by atoms with Crippen molar-refractivity contribution < 1.29 is 18.5 Å². The van der Waals surface area contributed by atoms with Gasteiger partial charge in [-0.15, -0.1) is 0 Å². The van der Waals surface area contributed by atoms with E-state index in [1.807, 2.05) is 13.8 Å². The fourth-order valence-electron chi connectivity index (χ4n) is 1.01. The molecular formula is C10H17BO4S. The summed E-state index contributed by atoms with van der Waals surface area (Å²) in [6, 6.07) is 5.50. The monoisotopic (exact) mass is 244 g/mol. The van der Waals surface area contributed by atoms with E-state index in [9.17, 15) is 8.42 Å². The Morgan fingerprint density at radius 3 is 1.88 bits per heavy atom. The van der Waals surface area contributed by atoms with Gasteiger partial charge in [-0.05, 0) is 17.6 Å². The van der Waals surface area contributed by atoms with Gasteiger partial charge in [0.2, 0.25) is 0 Å². The van der Waals surface area contributed by atoms with E-state index < -0.39 is 17.0 Å². The molecule has 0 aliphatic rings. The van der Waals surface area contributed by atoms with Gasteiger partial charge in [0, 0.05) is 0 Å². The Labute approximate surface area is 97.0 Å². The molecule has 0 aromatic heterocycles. The lowest BCUT2D eigenvalue weighted by Crippen LogP contribution is -2.29. The van der Waals surface area contributed by atoms with Crippen molar-refractivity contribution in [2.24, 2.45) is 0 Å². The molecule has 0 unspecified atom stereocenters. The van der Waals surface area contributed by atoms with Crippen molar-refractivity contribution in [3.05, 3.63) is 24.3 Å². The van der Waals surface area contributed by atoms with Gasteiger partial charge in [-0.2, -0.15) is 0 Å². The van der Waals surface area contributed by atoms with Crippen molar-refractivity contribution in [1.82, 2.24) is 0 Å². The van der Waals surface area contributed by atoms with Crippen LogP contribution in [0.25, 0.3) is 0 Å². The Bertz CT molecular complexity index is 397. The highest BCUT2D eigenvalue weighted by molar-refractivity contribution is 7.91. The second-order valence-electron chi connectivity index (χ2n) is 2.85. The van der Waals surface area contributed by atoms with Crippen LogP contribution in [-0.2, 0) is 9.84 Å². The summed E-state index contributed by atoms with van der Waals surface area (Å²) >= 11 is 0. The molecule has 0 spiro atoms. The first-order valence-electron chi connectivity index (χ1n) is 5.16. The fourth-order valence-corrected chi connectivity index (χ4v) is 1.90. The van der Waals surface area contributed by atoms with Crippen LogP contribution in [0.4, 0.5) is 0 Å². The largest absolute Gasteiger partial charge is 0.488 e. The summed E-state index contributed by atoms with van der Waals surface area (Å²) in [6.45, 7) is 5.56. The smallest absolute Gasteiger partial charge is 0.423 e. The Balaban J connectivity index is 0.00000106. The van der Waals surface area contributed by atoms with E-state index in [0.717, 1.165) is 0 Å². The molecule has 0 amide bonds. The number of hydrogen-bond acceptors (Lipinski definition) is 4. The minimum atomic E-state index is -3.20. The average molecular weight is 244 g/mol. The minimum Gasteiger partial charge on any atom is -0.423 e. The second-order valence-corrected chi connectivity index (χ2v) is 5.12. The van der Waals surface area contributed by atoms with Crippen LogP contribution in [0.5, 0.6) is 0 Å². The predicted octanol–water partition coefficient (Wildman–Crippen LogP) is 0.186. The fraction of sp³-hybridized carbons (Fsp3) is 0.400. The molecule has 1 aromatic rings. The molecule has 1 rings (SSSR count). The molecule has 16 heavy (non-hydrogen) atoms. The van der Waals surface area contributed by atoms with Crippen LogP contribution >= 0.6 is 0 Å². The molecule has 0 aliphatic carbocycles. The third-order valence-corrected chi connectivity index (χ3v) is 3.67. The summed E-state index contributed by atoms with van der Waals surface area (Å²) in [5, 5.41) is 17.6. The highest BCUT2D eigenvalue weighted by Crippen LogP contribution is 2.08. The van der Waals surface area contributed by atoms with Gasteiger partial charge in [0.15, 0.2) is 9.84 Å². The standard InChI is InChI=1S/C8H11BO4S.C2H6/c1-2-14(12,13)8-5-3-7(4-6-8)9(10)11;1-2/h3-6,10-11H,2H2,1H3;1-2H3. The Kier molecular flexibility index (Phi) is 6.32. The molecule has 0 radical (unpaired) electrons. The van der Waals surface area contributed by atoms with Crippen molar-refractivity contribution in [1.29, 1.82) is 0 Å². The lowest BCUT2D eigenvalue weighted by atomic mass is 9.81. The maximum Gasteiger partial charge on any atom is 0.488 e. The summed E-state index contributed by atoms with van der Waals surface area (Å²) in [7, 11) is -4.77. The summed E-state index contributed by atoms with van der Waals surface area (Å²) in [4.78, 5) is 0.199. The minimum absolute atomic E-state index is 0.0357. The van der Waals surface area contributed by atoms with Crippen molar-refractivity contribution >= 4 is 22.4 Å². The molecule has 0 bridgehead atoms. The first-order chi connectivity index (χ1) is 7.47. The van der Waals surface area contributed by atoms with Gasteiger partial charge >= 0.3 is 7.12 Å². The summed E-state index contributed by atoms with van der Waals surface area (Å²) in [5.74, 6) is 0.0357. The van der Waals surface area contributed by atoms with Crippen molar-refractivity contribution in [2.75, 3.05) is 5.75 Å². The highest BCUT2D eigenvalue weighted by Gasteiger charge is 2.14. The average Bonchev–Trinajstić information content (AvgIpc) is 2.32. The Morgan fingerprint density at radius 2 is 1.56 bits per heavy atom. The van der Waals surface area contributed by atoms with Gasteiger partial charge in [-0.25, -0.2) is 8.42 Å². The lowest BCUT2D eigenvalue weighted by molar-refractivity contribution is 0.425. The van der Waals surface area contributed by atoms with Crippen molar-refractivity contribution in [2.45, 2.75) is 25.7 Å². The number of rotatable bonds is 3. The summed E-state index contributed by atoms with van der Waals surface area (Å²) in [6.07, 6.45) is 0. The molecule has 2 N–H and O–H groups in total. The van der Waals surface area contributed by atoms with Gasteiger partial charge < -0.3 is 10.0 Å². The number of hydrogen-bond donors (Lipinski definition) is 2. The maximum absolute atomic E-state index is 11.4. The molecular weight excluding hydrogens is 227 g/mol. The van der Waals surface area contributed by atoms with E-state index in [4.69, 9.17) is 10.0 Å². The van der Waals surface area contributed by atoms with Crippen LogP contribution in [0.1, 0.15) is 20.8 Å². The number of benzene rings is 1. The van der Waals surface area contributed by atoms with Gasteiger partial charge in [-0.3, -0.25) is 0 Å². The van der Waals surface area contributed by atoms with Crippen LogP contribution in [-0.4, -0.2) is 31.3 Å². The van der Waals surface area contributed by atoms with Gasteiger partial charge in [-0.1, -0.05) is 32.9 Å². The van der Waals surface area contributed by atoms with Gasteiger partial charge in [0.25, 0.3) is 0 Å².